The zero-order valence-electron chi connectivity index (χ0n) is 7.27. The van der Waals surface area contributed by atoms with Gasteiger partial charge in [0.15, 0.2) is 0 Å². The van der Waals surface area contributed by atoms with Gasteiger partial charge < -0.3 is 0 Å². The van der Waals surface area contributed by atoms with Crippen LogP contribution in [0.5, 0.6) is 0 Å². The Kier molecular flexibility index (Phi) is 5.04. The Balaban J connectivity index is 5.42. The van der Waals surface area contributed by atoms with Crippen molar-refractivity contribution in [3.8, 4) is 0 Å². The van der Waals surface area contributed by atoms with E-state index in [0.717, 1.165) is 0 Å². The summed E-state index contributed by atoms with van der Waals surface area (Å²) in [6.45, 7) is 0. The molecule has 0 aromatic rings. The van der Waals surface area contributed by atoms with Crippen LogP contribution in [0.1, 0.15) is 0 Å². The SMILES string of the molecule is O=S(=O)(OF)OC(F)(F)C(F)(CI)C(F)(F)F. The summed E-state index contributed by atoms with van der Waals surface area (Å²) in [5.41, 5.74) is -5.31. The van der Waals surface area contributed by atoms with Crippen LogP contribution in [0, 0.1) is 0 Å². The Bertz CT molecular complexity index is 367. The molecule has 13 heteroatoms. The van der Waals surface area contributed by atoms with Crippen LogP contribution in [0.2, 0.25) is 0 Å². The maximum absolute atomic E-state index is 13.0. The monoisotopic (exact) mass is 406 g/mol. The summed E-state index contributed by atoms with van der Waals surface area (Å²) in [7, 11) is -6.09. The summed E-state index contributed by atoms with van der Waals surface area (Å²) in [5, 5.41) is 0. The molecule has 0 rings (SSSR count). The van der Waals surface area contributed by atoms with Gasteiger partial charge in [0.25, 0.3) is 0 Å². The fraction of sp³-hybridized carbons (Fsp3) is 1.00. The zero-order valence-corrected chi connectivity index (χ0v) is 10.2. The third kappa shape index (κ3) is 3.54. The van der Waals surface area contributed by atoms with Crippen LogP contribution in [0.4, 0.5) is 30.9 Å². The molecule has 104 valence electrons. The van der Waals surface area contributed by atoms with Gasteiger partial charge in [0.05, 0.1) is 4.43 Å². The molecule has 1 unspecified atom stereocenters. The Labute approximate surface area is 103 Å². The van der Waals surface area contributed by atoms with Gasteiger partial charge in [-0.05, 0) is 8.91 Å². The number of alkyl halides is 7. The van der Waals surface area contributed by atoms with E-state index in [4.69, 9.17) is 0 Å². The van der Waals surface area contributed by atoms with Crippen molar-refractivity contribution < 1.29 is 47.9 Å². The lowest BCUT2D eigenvalue weighted by molar-refractivity contribution is -0.349. The average molecular weight is 406 g/mol. The molecular formula is C4H2F7IO4S. The van der Waals surface area contributed by atoms with E-state index in [1.54, 1.807) is 0 Å². The highest BCUT2D eigenvalue weighted by Crippen LogP contribution is 2.47. The van der Waals surface area contributed by atoms with Gasteiger partial charge in [-0.3, -0.25) is 0 Å². The molecule has 0 bridgehead atoms. The van der Waals surface area contributed by atoms with E-state index >= 15 is 0 Å². The molecule has 0 radical (unpaired) electrons. The van der Waals surface area contributed by atoms with Gasteiger partial charge in [0.1, 0.15) is 0 Å². The standard InChI is InChI=1S/C4H2F7IO4S/c5-2(1-12,3(6,7)8)4(9,10)15-17(13,14)16-11/h1H2. The van der Waals surface area contributed by atoms with Crippen LogP contribution in [-0.2, 0) is 19.0 Å². The van der Waals surface area contributed by atoms with Crippen molar-refractivity contribution in [3.63, 3.8) is 0 Å². The van der Waals surface area contributed by atoms with Crippen LogP contribution < -0.4 is 0 Å². The van der Waals surface area contributed by atoms with E-state index in [2.05, 4.69) is 4.18 Å². The van der Waals surface area contributed by atoms with E-state index in [1.165, 1.54) is 0 Å². The van der Waals surface area contributed by atoms with Gasteiger partial charge in [-0.2, -0.15) is 34.6 Å². The molecule has 0 saturated carbocycles. The van der Waals surface area contributed by atoms with Gasteiger partial charge in [0, 0.05) is 0 Å². The van der Waals surface area contributed by atoms with Crippen LogP contribution in [0.25, 0.3) is 0 Å². The molecule has 0 aliphatic carbocycles. The molecule has 0 aliphatic rings. The molecule has 1 atom stereocenters. The molecule has 0 fully saturated rings. The third-order valence-electron chi connectivity index (χ3n) is 1.38. The predicted octanol–water partition coefficient (Wildman–Crippen LogP) is 2.45. The molecule has 0 amide bonds. The predicted molar refractivity (Wildman–Crippen MR) is 45.9 cm³/mol. The van der Waals surface area contributed by atoms with Gasteiger partial charge in [-0.25, -0.2) is 4.39 Å². The maximum atomic E-state index is 13.0. The topological polar surface area (TPSA) is 52.6 Å². The molecule has 0 aliphatic heterocycles. The second kappa shape index (κ2) is 5.00. The first-order valence-corrected chi connectivity index (χ1v) is 6.14. The fourth-order valence-corrected chi connectivity index (χ4v) is 1.82. The van der Waals surface area contributed by atoms with Crippen LogP contribution in [-0.4, -0.2) is 30.8 Å². The van der Waals surface area contributed by atoms with Crippen molar-refractivity contribution in [2.45, 2.75) is 18.0 Å². The number of hydrogen-bond acceptors (Lipinski definition) is 4. The highest BCUT2D eigenvalue weighted by atomic mass is 127. The summed E-state index contributed by atoms with van der Waals surface area (Å²) in [4.78, 5) is 0. The highest BCUT2D eigenvalue weighted by Gasteiger charge is 2.73. The average Bonchev–Trinajstić information content (AvgIpc) is 2.12. The van der Waals surface area contributed by atoms with Gasteiger partial charge in [-0.1, -0.05) is 22.6 Å². The van der Waals surface area contributed by atoms with E-state index in [0.29, 0.717) is 22.6 Å². The van der Waals surface area contributed by atoms with Crippen molar-refractivity contribution >= 4 is 33.0 Å². The molecule has 0 N–H and O–H groups in total. The Hall–Kier alpha value is 0.110. The minimum Gasteiger partial charge on any atom is -0.223 e. The molecule has 0 spiro atoms. The minimum atomic E-state index is -6.14. The number of hydrogen-bond donors (Lipinski definition) is 0. The quantitative estimate of drug-likeness (QED) is 0.400. The summed E-state index contributed by atoms with van der Waals surface area (Å²) in [6.07, 6.45) is -12.0. The second-order valence-electron chi connectivity index (χ2n) is 2.50. The zero-order chi connectivity index (χ0) is 14.1. The van der Waals surface area contributed by atoms with Crippen LogP contribution in [0.3, 0.4) is 0 Å². The Morgan fingerprint density at radius 1 is 1.06 bits per heavy atom. The highest BCUT2D eigenvalue weighted by molar-refractivity contribution is 14.1. The van der Waals surface area contributed by atoms with E-state index in [9.17, 15) is 39.3 Å². The number of rotatable bonds is 5. The lowest BCUT2D eigenvalue weighted by Gasteiger charge is -2.31. The molecular weight excluding hydrogens is 404 g/mol. The Morgan fingerprint density at radius 3 is 1.71 bits per heavy atom. The van der Waals surface area contributed by atoms with Gasteiger partial charge in [-0.15, -0.1) is 0 Å². The maximum Gasteiger partial charge on any atom is 0.435 e. The molecule has 0 heterocycles. The molecule has 17 heavy (non-hydrogen) atoms. The van der Waals surface area contributed by atoms with Crippen molar-refractivity contribution in [2.75, 3.05) is 4.43 Å². The first-order chi connectivity index (χ1) is 7.33. The molecule has 0 saturated heterocycles. The number of halogens is 8. The lowest BCUT2D eigenvalue weighted by Crippen LogP contribution is -2.58. The summed E-state index contributed by atoms with van der Waals surface area (Å²) in [5.74, 6) is 0. The normalized spacial score (nSPS) is 17.9. The summed E-state index contributed by atoms with van der Waals surface area (Å²) < 4.78 is 108. The third-order valence-corrected chi connectivity index (χ3v) is 3.00. The fourth-order valence-electron chi connectivity index (χ4n) is 0.526. The molecule has 0 aromatic carbocycles. The van der Waals surface area contributed by atoms with E-state index in [-0.39, 0.29) is 0 Å². The smallest absolute Gasteiger partial charge is 0.223 e. The van der Waals surface area contributed by atoms with Crippen molar-refractivity contribution in [1.29, 1.82) is 0 Å². The van der Waals surface area contributed by atoms with Gasteiger partial charge >= 0.3 is 28.4 Å². The van der Waals surface area contributed by atoms with Gasteiger partial charge in [0.2, 0.25) is 0 Å². The first kappa shape index (κ1) is 17.1. The summed E-state index contributed by atoms with van der Waals surface area (Å²) in [6, 6.07) is 0. The lowest BCUT2D eigenvalue weighted by atomic mass is 10.1. The largest absolute Gasteiger partial charge is 0.435 e. The summed E-state index contributed by atoms with van der Waals surface area (Å²) >= 11 is 0.596. The minimum absolute atomic E-state index is 0.596. The van der Waals surface area contributed by atoms with Crippen molar-refractivity contribution in [2.24, 2.45) is 0 Å². The molecule has 4 nitrogen and oxygen atoms in total. The van der Waals surface area contributed by atoms with Crippen LogP contribution in [0.15, 0.2) is 0 Å². The molecule has 0 aromatic heterocycles. The van der Waals surface area contributed by atoms with Crippen molar-refractivity contribution in [1.82, 2.24) is 0 Å². The van der Waals surface area contributed by atoms with Crippen molar-refractivity contribution in [3.05, 3.63) is 0 Å². The van der Waals surface area contributed by atoms with E-state index in [1.807, 2.05) is 4.39 Å². The van der Waals surface area contributed by atoms with Crippen LogP contribution >= 0.6 is 22.6 Å². The Morgan fingerprint density at radius 2 is 1.47 bits per heavy atom. The first-order valence-electron chi connectivity index (χ1n) is 3.28. The second-order valence-corrected chi connectivity index (χ2v) is 4.38. The van der Waals surface area contributed by atoms with E-state index < -0.39 is 32.8 Å².